The molecule has 3 rings (SSSR count). The van der Waals surface area contributed by atoms with Gasteiger partial charge in [0, 0.05) is 29.8 Å². The van der Waals surface area contributed by atoms with Crippen LogP contribution in [0.1, 0.15) is 24.6 Å². The summed E-state index contributed by atoms with van der Waals surface area (Å²) in [5.74, 6) is 1.57. The molecule has 2 aromatic rings. The van der Waals surface area contributed by atoms with Crippen LogP contribution in [0.5, 0.6) is 5.75 Å². The summed E-state index contributed by atoms with van der Waals surface area (Å²) >= 11 is 3.23. The minimum Gasteiger partial charge on any atom is -0.490 e. The van der Waals surface area contributed by atoms with Crippen LogP contribution in [0, 0.1) is 0 Å². The molecular formula is C16H17BrN2O3. The molecule has 0 aliphatic carbocycles. The molecular weight excluding hydrogens is 348 g/mol. The normalized spacial score (nSPS) is 16.2. The molecule has 1 amide bonds. The molecule has 1 aromatic carbocycles. The van der Waals surface area contributed by atoms with Crippen LogP contribution in [-0.4, -0.2) is 22.5 Å². The summed E-state index contributed by atoms with van der Waals surface area (Å²) in [6.45, 7) is 2.43. The number of fused-ring (bicyclic) bond motifs is 1. The van der Waals surface area contributed by atoms with Crippen molar-refractivity contribution in [2.45, 2.75) is 32.4 Å². The van der Waals surface area contributed by atoms with Gasteiger partial charge in [-0.1, -0.05) is 33.2 Å². The minimum absolute atomic E-state index is 0.0126. The van der Waals surface area contributed by atoms with Crippen LogP contribution in [-0.2, 0) is 17.8 Å². The Balaban J connectivity index is 1.69. The van der Waals surface area contributed by atoms with Crippen molar-refractivity contribution < 1.29 is 14.1 Å². The summed E-state index contributed by atoms with van der Waals surface area (Å²) in [7, 11) is 0. The summed E-state index contributed by atoms with van der Waals surface area (Å²) < 4.78 is 11.1. The molecule has 1 aliphatic heterocycles. The van der Waals surface area contributed by atoms with Gasteiger partial charge in [0.25, 0.3) is 0 Å². The van der Waals surface area contributed by atoms with Crippen LogP contribution in [0.3, 0.4) is 0 Å². The number of benzene rings is 1. The lowest BCUT2D eigenvalue weighted by atomic mass is 10.1. The quantitative estimate of drug-likeness (QED) is 0.828. The molecule has 1 aliphatic rings. The SMILES string of the molecule is CC1Cc2ccc(-c3cc(CNC(=O)CCBr)no3)cc2O1. The van der Waals surface area contributed by atoms with Crippen LogP contribution >= 0.6 is 15.9 Å². The van der Waals surface area contributed by atoms with Crippen molar-refractivity contribution in [2.24, 2.45) is 0 Å². The Morgan fingerprint density at radius 2 is 2.32 bits per heavy atom. The first-order chi connectivity index (χ1) is 10.7. The van der Waals surface area contributed by atoms with Crippen molar-refractivity contribution in [3.8, 4) is 17.1 Å². The van der Waals surface area contributed by atoms with E-state index in [4.69, 9.17) is 9.26 Å². The molecule has 1 aromatic heterocycles. The highest BCUT2D eigenvalue weighted by molar-refractivity contribution is 9.09. The predicted octanol–water partition coefficient (Wildman–Crippen LogP) is 3.07. The maximum Gasteiger partial charge on any atom is 0.221 e. The highest BCUT2D eigenvalue weighted by Crippen LogP contribution is 2.33. The molecule has 1 atom stereocenters. The van der Waals surface area contributed by atoms with E-state index in [1.165, 1.54) is 5.56 Å². The Morgan fingerprint density at radius 3 is 3.14 bits per heavy atom. The van der Waals surface area contributed by atoms with Crippen LogP contribution < -0.4 is 10.1 Å². The van der Waals surface area contributed by atoms with Crippen LogP contribution in [0.4, 0.5) is 0 Å². The average molecular weight is 365 g/mol. The van der Waals surface area contributed by atoms with E-state index >= 15 is 0 Å². The van der Waals surface area contributed by atoms with Crippen LogP contribution in [0.15, 0.2) is 28.8 Å². The molecule has 0 radical (unpaired) electrons. The second kappa shape index (κ2) is 6.52. The minimum atomic E-state index is -0.0126. The number of ether oxygens (including phenoxy) is 1. The first-order valence-electron chi connectivity index (χ1n) is 7.24. The predicted molar refractivity (Wildman–Crippen MR) is 86.0 cm³/mol. The van der Waals surface area contributed by atoms with Gasteiger partial charge in [-0.3, -0.25) is 4.79 Å². The van der Waals surface area contributed by atoms with Gasteiger partial charge in [-0.15, -0.1) is 0 Å². The zero-order valence-corrected chi connectivity index (χ0v) is 13.9. The molecule has 116 valence electrons. The number of nitrogens with zero attached hydrogens (tertiary/aromatic N) is 1. The second-order valence-electron chi connectivity index (χ2n) is 5.35. The Bertz CT molecular complexity index is 684. The maximum absolute atomic E-state index is 11.4. The molecule has 0 saturated heterocycles. The molecule has 22 heavy (non-hydrogen) atoms. The maximum atomic E-state index is 11.4. The fraction of sp³-hybridized carbons (Fsp3) is 0.375. The third-order valence-corrected chi connectivity index (χ3v) is 3.93. The zero-order valence-electron chi connectivity index (χ0n) is 12.3. The number of hydrogen-bond donors (Lipinski definition) is 1. The van der Waals surface area contributed by atoms with Crippen LogP contribution in [0.2, 0.25) is 0 Å². The van der Waals surface area contributed by atoms with Gasteiger partial charge in [0.2, 0.25) is 5.91 Å². The number of alkyl halides is 1. The number of aromatic nitrogens is 1. The van der Waals surface area contributed by atoms with E-state index in [1.54, 1.807) is 0 Å². The van der Waals surface area contributed by atoms with Gasteiger partial charge in [-0.25, -0.2) is 0 Å². The Morgan fingerprint density at radius 1 is 1.45 bits per heavy atom. The van der Waals surface area contributed by atoms with E-state index in [0.29, 0.717) is 29.7 Å². The van der Waals surface area contributed by atoms with Gasteiger partial charge in [0.05, 0.1) is 6.54 Å². The van der Waals surface area contributed by atoms with Crippen molar-refractivity contribution in [1.82, 2.24) is 10.5 Å². The van der Waals surface area contributed by atoms with Crippen molar-refractivity contribution in [3.05, 3.63) is 35.5 Å². The molecule has 1 N–H and O–H groups in total. The number of rotatable bonds is 5. The second-order valence-corrected chi connectivity index (χ2v) is 6.15. The highest BCUT2D eigenvalue weighted by atomic mass is 79.9. The fourth-order valence-corrected chi connectivity index (χ4v) is 2.81. The van der Waals surface area contributed by atoms with Crippen molar-refractivity contribution in [3.63, 3.8) is 0 Å². The summed E-state index contributed by atoms with van der Waals surface area (Å²) in [6.07, 6.45) is 1.61. The molecule has 0 saturated carbocycles. The lowest BCUT2D eigenvalue weighted by Crippen LogP contribution is -2.22. The van der Waals surface area contributed by atoms with Gasteiger partial charge >= 0.3 is 0 Å². The smallest absolute Gasteiger partial charge is 0.221 e. The van der Waals surface area contributed by atoms with Crippen LogP contribution in [0.25, 0.3) is 11.3 Å². The van der Waals surface area contributed by atoms with Crippen molar-refractivity contribution in [2.75, 3.05) is 5.33 Å². The molecule has 5 nitrogen and oxygen atoms in total. The zero-order chi connectivity index (χ0) is 15.5. The third kappa shape index (κ3) is 3.32. The lowest BCUT2D eigenvalue weighted by Gasteiger charge is -2.03. The number of carbonyl (C=O) groups is 1. The number of hydrogen-bond acceptors (Lipinski definition) is 4. The largest absolute Gasteiger partial charge is 0.490 e. The molecule has 0 bridgehead atoms. The fourth-order valence-electron chi connectivity index (χ4n) is 2.45. The summed E-state index contributed by atoms with van der Waals surface area (Å²) in [6, 6.07) is 7.89. The summed E-state index contributed by atoms with van der Waals surface area (Å²) in [5.41, 5.74) is 2.85. The topological polar surface area (TPSA) is 64.4 Å². The first kappa shape index (κ1) is 15.1. The third-order valence-electron chi connectivity index (χ3n) is 3.53. The number of nitrogens with one attached hydrogen (secondary N) is 1. The van der Waals surface area contributed by atoms with Gasteiger partial charge in [0.15, 0.2) is 5.76 Å². The Labute approximate surface area is 137 Å². The first-order valence-corrected chi connectivity index (χ1v) is 8.36. The summed E-state index contributed by atoms with van der Waals surface area (Å²) in [4.78, 5) is 11.4. The molecule has 0 spiro atoms. The van der Waals surface area contributed by atoms with Gasteiger partial charge < -0.3 is 14.6 Å². The monoisotopic (exact) mass is 364 g/mol. The molecule has 6 heteroatoms. The number of amides is 1. The molecule has 0 fully saturated rings. The number of carbonyl (C=O) groups excluding carboxylic acids is 1. The summed E-state index contributed by atoms with van der Waals surface area (Å²) in [5, 5.41) is 7.44. The Kier molecular flexibility index (Phi) is 4.47. The molecule has 2 heterocycles. The van der Waals surface area contributed by atoms with Gasteiger partial charge in [0.1, 0.15) is 17.5 Å². The van der Waals surface area contributed by atoms with Crippen molar-refractivity contribution >= 4 is 21.8 Å². The van der Waals surface area contributed by atoms with E-state index in [0.717, 1.165) is 17.7 Å². The van der Waals surface area contributed by atoms with Crippen molar-refractivity contribution in [1.29, 1.82) is 0 Å². The van der Waals surface area contributed by atoms with E-state index in [9.17, 15) is 4.79 Å². The van der Waals surface area contributed by atoms with E-state index < -0.39 is 0 Å². The standard InChI is InChI=1S/C16H17BrN2O3/c1-10-6-11-2-3-12(7-14(11)21-10)15-8-13(19-22-15)9-18-16(20)4-5-17/h2-3,7-8,10H,4-6,9H2,1H3,(H,18,20). The van der Waals surface area contributed by atoms with Gasteiger partial charge in [-0.05, 0) is 18.6 Å². The average Bonchev–Trinajstić information content (AvgIpc) is 3.09. The van der Waals surface area contributed by atoms with Gasteiger partial charge in [-0.2, -0.15) is 0 Å². The van der Waals surface area contributed by atoms with E-state index in [1.807, 2.05) is 18.2 Å². The Hall–Kier alpha value is -1.82. The number of halogens is 1. The lowest BCUT2D eigenvalue weighted by molar-refractivity contribution is -0.120. The molecule has 1 unspecified atom stereocenters. The van der Waals surface area contributed by atoms with E-state index in [-0.39, 0.29) is 12.0 Å². The van der Waals surface area contributed by atoms with E-state index in [2.05, 4.69) is 39.4 Å². The highest BCUT2D eigenvalue weighted by Gasteiger charge is 2.20.